The highest BCUT2D eigenvalue weighted by atomic mass is 16.5. The van der Waals surface area contributed by atoms with Crippen LogP contribution in [0.25, 0.3) is 22.1 Å². The highest BCUT2D eigenvalue weighted by molar-refractivity contribution is 5.87. The minimum absolute atomic E-state index is 0.558. The maximum Gasteiger partial charge on any atom is 0.256 e. The second-order valence-corrected chi connectivity index (χ2v) is 2.50. The smallest absolute Gasteiger partial charge is 0.256 e. The number of rotatable bonds is 0. The van der Waals surface area contributed by atoms with E-state index in [1.54, 1.807) is 12.4 Å². The molecule has 12 heavy (non-hydrogen) atoms. The van der Waals surface area contributed by atoms with Crippen molar-refractivity contribution in [3.63, 3.8) is 0 Å². The van der Waals surface area contributed by atoms with Crippen LogP contribution in [0.15, 0.2) is 23.0 Å². The third-order valence-corrected chi connectivity index (χ3v) is 1.74. The van der Waals surface area contributed by atoms with E-state index < -0.39 is 0 Å². The average Bonchev–Trinajstić information content (AvgIpc) is 2.64. The Morgan fingerprint density at radius 2 is 2.33 bits per heavy atom. The molecule has 0 atom stereocenters. The van der Waals surface area contributed by atoms with Crippen LogP contribution in [0, 0.1) is 0 Å². The summed E-state index contributed by atoms with van der Waals surface area (Å²) in [4.78, 5) is 4.13. The van der Waals surface area contributed by atoms with Crippen molar-refractivity contribution in [3.05, 3.63) is 18.5 Å². The van der Waals surface area contributed by atoms with E-state index in [1.807, 2.05) is 6.07 Å². The van der Waals surface area contributed by atoms with Crippen molar-refractivity contribution in [3.8, 4) is 0 Å². The second kappa shape index (κ2) is 1.82. The van der Waals surface area contributed by atoms with Gasteiger partial charge in [0.15, 0.2) is 5.65 Å². The van der Waals surface area contributed by atoms with E-state index in [2.05, 4.69) is 20.3 Å². The van der Waals surface area contributed by atoms with E-state index in [4.69, 9.17) is 4.52 Å². The van der Waals surface area contributed by atoms with E-state index >= 15 is 0 Å². The molecule has 0 aliphatic rings. The third-order valence-electron chi connectivity index (χ3n) is 1.74. The quantitative estimate of drug-likeness (QED) is 0.534. The van der Waals surface area contributed by atoms with Gasteiger partial charge in [-0.25, -0.2) is 5.16 Å². The molecule has 0 aromatic carbocycles. The van der Waals surface area contributed by atoms with E-state index in [0.29, 0.717) is 11.4 Å². The molecule has 3 aromatic heterocycles. The molecule has 3 rings (SSSR count). The Balaban J connectivity index is 2.62. The van der Waals surface area contributed by atoms with Gasteiger partial charge in [-0.2, -0.15) is 10.1 Å². The Morgan fingerprint density at radius 1 is 1.33 bits per heavy atom. The predicted octanol–water partition coefficient (Wildman–Crippen LogP) is 1.10. The fourth-order valence-electron chi connectivity index (χ4n) is 1.17. The van der Waals surface area contributed by atoms with Gasteiger partial charge in [-0.1, -0.05) is 0 Å². The molecule has 0 aliphatic carbocycles. The van der Waals surface area contributed by atoms with Crippen molar-refractivity contribution < 1.29 is 4.52 Å². The first-order valence-corrected chi connectivity index (χ1v) is 3.48. The molecule has 0 fully saturated rings. The van der Waals surface area contributed by atoms with Gasteiger partial charge < -0.3 is 4.52 Å². The lowest BCUT2D eigenvalue weighted by atomic mass is 10.3. The molecule has 3 heterocycles. The van der Waals surface area contributed by atoms with Gasteiger partial charge in [0.1, 0.15) is 0 Å². The highest BCUT2D eigenvalue weighted by Gasteiger charge is 2.03. The summed E-state index contributed by atoms with van der Waals surface area (Å²) in [7, 11) is 0. The summed E-state index contributed by atoms with van der Waals surface area (Å²) >= 11 is 0. The number of fused-ring (bicyclic) bond motifs is 2. The number of pyridine rings is 1. The summed E-state index contributed by atoms with van der Waals surface area (Å²) in [6, 6.07) is 1.93. The Morgan fingerprint density at radius 3 is 3.33 bits per heavy atom. The first kappa shape index (κ1) is 5.70. The standard InChI is InChI=1S/C7H4N4O/c1-4-2-8-11-6(4)10-7-5(1)3-9-12-7/h1-3,9H. The molecular formula is C7H4N4O. The normalized spacial score (nSPS) is 11.3. The zero-order chi connectivity index (χ0) is 7.97. The molecule has 0 unspecified atom stereocenters. The first-order chi connectivity index (χ1) is 5.93. The molecule has 0 amide bonds. The van der Waals surface area contributed by atoms with Gasteiger partial charge >= 0.3 is 0 Å². The fraction of sp³-hybridized carbons (Fsp3) is 0. The Hall–Kier alpha value is -1.91. The highest BCUT2D eigenvalue weighted by Crippen LogP contribution is 2.16. The van der Waals surface area contributed by atoms with Crippen molar-refractivity contribution >= 4 is 22.1 Å². The zero-order valence-corrected chi connectivity index (χ0v) is 5.98. The number of H-pyrrole nitrogens is 1. The Labute approximate surface area is 66.4 Å². The van der Waals surface area contributed by atoms with Crippen LogP contribution in [0.3, 0.4) is 0 Å². The summed E-state index contributed by atoms with van der Waals surface area (Å²) in [5, 5.41) is 12.0. The molecule has 5 nitrogen and oxygen atoms in total. The zero-order valence-electron chi connectivity index (χ0n) is 5.98. The van der Waals surface area contributed by atoms with Gasteiger partial charge in [-0.15, -0.1) is 5.10 Å². The van der Waals surface area contributed by atoms with E-state index in [0.717, 1.165) is 10.8 Å². The predicted molar refractivity (Wildman–Crippen MR) is 41.5 cm³/mol. The van der Waals surface area contributed by atoms with Gasteiger partial charge in [0.05, 0.1) is 11.6 Å². The average molecular weight is 160 g/mol. The second-order valence-electron chi connectivity index (χ2n) is 2.50. The number of nitrogens with one attached hydrogen (secondary N) is 1. The van der Waals surface area contributed by atoms with Gasteiger partial charge in [0.2, 0.25) is 0 Å². The van der Waals surface area contributed by atoms with Gasteiger partial charge in [0, 0.05) is 11.6 Å². The summed E-state index contributed by atoms with van der Waals surface area (Å²) in [5.41, 5.74) is 1.17. The lowest BCUT2D eigenvalue weighted by Gasteiger charge is -1.84. The van der Waals surface area contributed by atoms with Gasteiger partial charge in [-0.3, -0.25) is 0 Å². The molecular weight excluding hydrogens is 156 g/mol. The van der Waals surface area contributed by atoms with Crippen LogP contribution in [0.4, 0.5) is 0 Å². The molecule has 0 spiro atoms. The monoisotopic (exact) mass is 160 g/mol. The molecule has 0 aliphatic heterocycles. The van der Waals surface area contributed by atoms with Gasteiger partial charge in [0.25, 0.3) is 5.71 Å². The lowest BCUT2D eigenvalue weighted by Crippen LogP contribution is -1.75. The molecule has 0 saturated carbocycles. The van der Waals surface area contributed by atoms with Crippen molar-refractivity contribution in [2.75, 3.05) is 0 Å². The number of hydrogen-bond acceptors (Lipinski definition) is 4. The number of aromatic nitrogens is 4. The summed E-state index contributed by atoms with van der Waals surface area (Å²) in [6.45, 7) is 0. The van der Waals surface area contributed by atoms with E-state index in [9.17, 15) is 0 Å². The largest absolute Gasteiger partial charge is 0.361 e. The van der Waals surface area contributed by atoms with E-state index in [-0.39, 0.29) is 0 Å². The molecule has 0 radical (unpaired) electrons. The third kappa shape index (κ3) is 0.597. The van der Waals surface area contributed by atoms with Crippen LogP contribution in [0.5, 0.6) is 0 Å². The summed E-state index contributed by atoms with van der Waals surface area (Å²) < 4.78 is 4.99. The Kier molecular flexibility index (Phi) is 0.864. The van der Waals surface area contributed by atoms with Crippen LogP contribution >= 0.6 is 0 Å². The fourth-order valence-corrected chi connectivity index (χ4v) is 1.17. The summed E-state index contributed by atoms with van der Waals surface area (Å²) in [5.74, 6) is 0. The van der Waals surface area contributed by atoms with Crippen molar-refractivity contribution in [2.45, 2.75) is 0 Å². The van der Waals surface area contributed by atoms with Crippen LogP contribution in [0.1, 0.15) is 0 Å². The van der Waals surface area contributed by atoms with Crippen LogP contribution in [-0.4, -0.2) is 20.3 Å². The molecule has 58 valence electrons. The molecule has 3 aromatic rings. The number of hydrogen-bond donors (Lipinski definition) is 1. The van der Waals surface area contributed by atoms with Crippen molar-refractivity contribution in [1.82, 2.24) is 20.3 Å². The van der Waals surface area contributed by atoms with Gasteiger partial charge in [-0.05, 0) is 6.07 Å². The molecule has 5 heteroatoms. The lowest BCUT2D eigenvalue weighted by molar-refractivity contribution is 0.449. The number of aromatic amines is 1. The maximum absolute atomic E-state index is 4.99. The van der Waals surface area contributed by atoms with Crippen LogP contribution in [0.2, 0.25) is 0 Å². The maximum atomic E-state index is 4.99. The minimum atomic E-state index is 0.558. The molecule has 0 saturated heterocycles. The van der Waals surface area contributed by atoms with Crippen LogP contribution in [-0.2, 0) is 0 Å². The summed E-state index contributed by atoms with van der Waals surface area (Å²) in [6.07, 6.45) is 3.42. The Bertz CT molecular complexity index is 447. The number of nitrogens with zero attached hydrogens (tertiary/aromatic N) is 3. The molecule has 1 N–H and O–H groups in total. The molecule has 0 bridgehead atoms. The SMILES string of the molecule is c1nnc2nc3o[nH]cc3cc12. The topological polar surface area (TPSA) is 67.6 Å². The van der Waals surface area contributed by atoms with Crippen molar-refractivity contribution in [2.24, 2.45) is 0 Å². The van der Waals surface area contributed by atoms with Crippen LogP contribution < -0.4 is 0 Å². The first-order valence-electron chi connectivity index (χ1n) is 3.48. The minimum Gasteiger partial charge on any atom is -0.361 e. The van der Waals surface area contributed by atoms with E-state index in [1.165, 1.54) is 0 Å². The van der Waals surface area contributed by atoms with Crippen molar-refractivity contribution in [1.29, 1.82) is 0 Å².